The van der Waals surface area contributed by atoms with E-state index in [1.54, 1.807) is 4.90 Å². The smallest absolute Gasteiger partial charge is 0.322 e. The molecule has 0 aromatic heterocycles. The summed E-state index contributed by atoms with van der Waals surface area (Å²) in [5.41, 5.74) is 0. The minimum atomic E-state index is -1.25. The molecule has 0 unspecified atom stereocenters. The van der Waals surface area contributed by atoms with Gasteiger partial charge in [-0.15, -0.1) is 0 Å². The summed E-state index contributed by atoms with van der Waals surface area (Å²) in [7, 11) is 0. The molecule has 0 aromatic rings. The second-order valence-electron chi connectivity index (χ2n) is 14.3. The molecule has 5 heterocycles. The maximum atomic E-state index is 13.8. The van der Waals surface area contributed by atoms with Crippen molar-refractivity contribution in [1.82, 2.24) is 46.2 Å². The summed E-state index contributed by atoms with van der Waals surface area (Å²) in [6, 6.07) is -4.63. The van der Waals surface area contributed by atoms with E-state index in [1.165, 1.54) is 14.7 Å². The predicted molar refractivity (Wildman–Crippen MR) is 192 cm³/mol. The van der Waals surface area contributed by atoms with Gasteiger partial charge in [-0.2, -0.15) is 12.6 Å². The molecule has 5 aliphatic rings. The van der Waals surface area contributed by atoms with Gasteiger partial charge in [-0.25, -0.2) is 0 Å². The van der Waals surface area contributed by atoms with Crippen molar-refractivity contribution in [3.05, 3.63) is 0 Å². The zero-order chi connectivity index (χ0) is 38.9. The van der Waals surface area contributed by atoms with Gasteiger partial charge in [-0.3, -0.25) is 43.2 Å². The van der Waals surface area contributed by atoms with E-state index in [9.17, 15) is 43.2 Å². The lowest BCUT2D eigenvalue weighted by Gasteiger charge is -2.31. The lowest BCUT2D eigenvalue weighted by atomic mass is 10.1. The Balaban J connectivity index is 1.10. The first kappa shape index (κ1) is 40.7. The Morgan fingerprint density at radius 1 is 0.593 bits per heavy atom. The van der Waals surface area contributed by atoms with Crippen LogP contribution >= 0.6 is 12.6 Å². The highest BCUT2D eigenvalue weighted by Crippen LogP contribution is 2.26. The van der Waals surface area contributed by atoms with Gasteiger partial charge in [0.15, 0.2) is 0 Å². The molecule has 298 valence electrons. The number of nitrogens with one attached hydrogen (secondary N) is 5. The largest absolute Gasteiger partial charge is 0.480 e. The normalized spacial score (nSPS) is 25.7. The Bertz CT molecular complexity index is 1490. The van der Waals surface area contributed by atoms with E-state index >= 15 is 0 Å². The Hall–Kier alpha value is -4.46. The highest BCUT2D eigenvalue weighted by molar-refractivity contribution is 7.80. The maximum absolute atomic E-state index is 13.8. The average Bonchev–Trinajstić information content (AvgIpc) is 4.01. The fourth-order valence-electron chi connectivity index (χ4n) is 8.06. The standard InChI is InChI=1S/C34H51N9O10S/c44-26(40-12-2-9-24(40)32(51)39-21(19-54)29(48)38-18-28(46)47)16-36-31(50)23-8-4-15-43(23)34(53)25-10-5-13-41(25)27(45)17-37-30(49)22-7-3-14-42(22)33(52)20-6-1-11-35-20/h20-25,35,54H,1-19H2,(H,36,50)(H,37,49)(H,38,48)(H,39,51)(H,46,47)/t20-,21-,22-,23-,24-,25-/m0/s1. The number of carboxylic acid groups (broad SMARTS) is 1. The molecule has 54 heavy (non-hydrogen) atoms. The van der Waals surface area contributed by atoms with Gasteiger partial charge in [0.1, 0.15) is 36.8 Å². The van der Waals surface area contributed by atoms with Crippen LogP contribution in [0.1, 0.15) is 64.2 Å². The van der Waals surface area contributed by atoms with Gasteiger partial charge in [0.25, 0.3) is 0 Å². The highest BCUT2D eigenvalue weighted by atomic mass is 32.1. The molecule has 5 saturated heterocycles. The van der Waals surface area contributed by atoms with Crippen molar-refractivity contribution in [3.63, 3.8) is 0 Å². The number of aliphatic carboxylic acids is 1. The Morgan fingerprint density at radius 3 is 1.57 bits per heavy atom. The van der Waals surface area contributed by atoms with Gasteiger partial charge in [0, 0.05) is 31.9 Å². The lowest BCUT2D eigenvalue weighted by molar-refractivity contribution is -0.147. The van der Waals surface area contributed by atoms with E-state index in [1.807, 2.05) is 0 Å². The molecule has 5 rings (SSSR count). The fourth-order valence-corrected chi connectivity index (χ4v) is 8.32. The lowest BCUT2D eigenvalue weighted by Crippen LogP contribution is -2.56. The molecule has 8 amide bonds. The molecular weight excluding hydrogens is 726 g/mol. The number of carbonyl (C=O) groups is 9. The molecule has 19 nitrogen and oxygen atoms in total. The summed E-state index contributed by atoms with van der Waals surface area (Å²) in [5, 5.41) is 22.0. The van der Waals surface area contributed by atoms with E-state index in [0.29, 0.717) is 71.0 Å². The minimum Gasteiger partial charge on any atom is -0.480 e. The summed E-state index contributed by atoms with van der Waals surface area (Å²) in [6.45, 7) is 0.730. The Labute approximate surface area is 318 Å². The number of nitrogens with zero attached hydrogens (tertiary/aromatic N) is 4. The predicted octanol–water partition coefficient (Wildman–Crippen LogP) is -3.45. The molecule has 6 N–H and O–H groups in total. The fraction of sp³-hybridized carbons (Fsp3) is 0.735. The van der Waals surface area contributed by atoms with E-state index in [0.717, 1.165) is 19.4 Å². The van der Waals surface area contributed by atoms with Crippen LogP contribution in [0.5, 0.6) is 0 Å². The van der Waals surface area contributed by atoms with Crippen LogP contribution in [0.3, 0.4) is 0 Å². The monoisotopic (exact) mass is 777 g/mol. The van der Waals surface area contributed by atoms with Crippen molar-refractivity contribution in [2.24, 2.45) is 0 Å². The number of hydrogen-bond acceptors (Lipinski definition) is 11. The van der Waals surface area contributed by atoms with Crippen molar-refractivity contribution in [2.75, 3.05) is 58.1 Å². The van der Waals surface area contributed by atoms with Crippen LogP contribution in [0.2, 0.25) is 0 Å². The summed E-state index contributed by atoms with van der Waals surface area (Å²) in [6.07, 6.45) is 5.54. The van der Waals surface area contributed by atoms with Crippen molar-refractivity contribution in [3.8, 4) is 0 Å². The van der Waals surface area contributed by atoms with Crippen LogP contribution in [-0.4, -0.2) is 172 Å². The van der Waals surface area contributed by atoms with E-state index in [4.69, 9.17) is 5.11 Å². The van der Waals surface area contributed by atoms with E-state index in [-0.39, 0.29) is 36.7 Å². The third-order valence-electron chi connectivity index (χ3n) is 10.8. The number of amides is 8. The summed E-state index contributed by atoms with van der Waals surface area (Å²) in [4.78, 5) is 122. The molecule has 20 heteroatoms. The zero-order valence-corrected chi connectivity index (χ0v) is 31.2. The Kier molecular flexibility index (Phi) is 14.1. The van der Waals surface area contributed by atoms with Crippen molar-refractivity contribution < 1.29 is 48.3 Å². The van der Waals surface area contributed by atoms with E-state index < -0.39 is 84.7 Å². The number of hydrogen-bond donors (Lipinski definition) is 7. The van der Waals surface area contributed by atoms with Crippen LogP contribution in [0.25, 0.3) is 0 Å². The number of thiol groups is 1. The first-order chi connectivity index (χ1) is 25.9. The molecular formula is C34H51N9O10S. The molecule has 0 bridgehead atoms. The summed E-state index contributed by atoms with van der Waals surface area (Å²) < 4.78 is 0. The maximum Gasteiger partial charge on any atom is 0.322 e. The molecule has 5 aliphatic heterocycles. The molecule has 0 radical (unpaired) electrons. The van der Waals surface area contributed by atoms with Gasteiger partial charge in [0.2, 0.25) is 47.3 Å². The van der Waals surface area contributed by atoms with Crippen molar-refractivity contribution >= 4 is 65.9 Å². The molecule has 0 aliphatic carbocycles. The van der Waals surface area contributed by atoms with E-state index in [2.05, 4.69) is 39.2 Å². The second-order valence-corrected chi connectivity index (χ2v) is 14.7. The zero-order valence-electron chi connectivity index (χ0n) is 30.3. The van der Waals surface area contributed by atoms with Gasteiger partial charge < -0.3 is 51.3 Å². The molecule has 5 fully saturated rings. The van der Waals surface area contributed by atoms with Crippen LogP contribution in [0.15, 0.2) is 0 Å². The van der Waals surface area contributed by atoms with Crippen molar-refractivity contribution in [2.45, 2.75) is 100 Å². The quantitative estimate of drug-likeness (QED) is 0.0856. The number of carboxylic acids is 1. The van der Waals surface area contributed by atoms with Crippen molar-refractivity contribution in [1.29, 1.82) is 0 Å². The van der Waals surface area contributed by atoms with Gasteiger partial charge in [0.05, 0.1) is 19.1 Å². The number of rotatable bonds is 14. The Morgan fingerprint density at radius 2 is 1.07 bits per heavy atom. The van der Waals surface area contributed by atoms with Crippen LogP contribution in [-0.2, 0) is 43.2 Å². The van der Waals surface area contributed by atoms with Gasteiger partial charge in [-0.1, -0.05) is 0 Å². The third-order valence-corrected chi connectivity index (χ3v) is 11.2. The average molecular weight is 778 g/mol. The summed E-state index contributed by atoms with van der Waals surface area (Å²) >= 11 is 4.07. The SMILES string of the molecule is O=C(O)CNC(=O)[C@H](CS)NC(=O)[C@@H]1CCCN1C(=O)CNC(=O)[C@@H]1CCCN1C(=O)[C@@H]1CCCN1C(=O)CNC(=O)[C@@H]1CCCN1C(=O)[C@@H]1CCCN1. The minimum absolute atomic E-state index is 0.0968. The molecule has 6 atom stereocenters. The van der Waals surface area contributed by atoms with Crippen LogP contribution in [0.4, 0.5) is 0 Å². The molecule has 0 spiro atoms. The van der Waals surface area contributed by atoms with Crippen LogP contribution in [0, 0.1) is 0 Å². The van der Waals surface area contributed by atoms with Gasteiger partial charge >= 0.3 is 5.97 Å². The molecule has 0 aromatic carbocycles. The highest BCUT2D eigenvalue weighted by Gasteiger charge is 2.43. The van der Waals surface area contributed by atoms with Gasteiger partial charge in [-0.05, 0) is 70.8 Å². The number of carbonyl (C=O) groups excluding carboxylic acids is 8. The third kappa shape index (κ3) is 9.60. The topological polar surface area (TPSA) is 247 Å². The first-order valence-electron chi connectivity index (χ1n) is 18.8. The van der Waals surface area contributed by atoms with Crippen LogP contribution < -0.4 is 26.6 Å². The summed E-state index contributed by atoms with van der Waals surface area (Å²) in [5.74, 6) is -5.05. The second kappa shape index (κ2) is 18.7. The number of likely N-dealkylation sites (tertiary alicyclic amines) is 4. The first-order valence-corrected chi connectivity index (χ1v) is 19.4. The molecule has 0 saturated carbocycles.